The number of hydrogen-bond donors (Lipinski definition) is 2. The van der Waals surface area contributed by atoms with Crippen LogP contribution >= 0.6 is 0 Å². The third-order valence-corrected chi connectivity index (χ3v) is 3.88. The molecule has 3 N–H and O–H groups in total. The lowest BCUT2D eigenvalue weighted by atomic mass is 10.2. The topological polar surface area (TPSA) is 72.2 Å². The molecule has 0 fully saturated rings. The summed E-state index contributed by atoms with van der Waals surface area (Å²) in [6.45, 7) is 0.968. The normalized spacial score (nSPS) is 14.3. The zero-order valence-corrected chi connectivity index (χ0v) is 10.9. The third-order valence-electron chi connectivity index (χ3n) is 2.27. The Morgan fingerprint density at radius 2 is 1.85 bits per heavy atom. The van der Waals surface area contributed by atoms with E-state index in [0.29, 0.717) is 12.1 Å². The molecule has 0 saturated heterocycles. The maximum absolute atomic E-state index is 13.5. The van der Waals surface area contributed by atoms with E-state index in [2.05, 4.69) is 0 Å². The van der Waals surface area contributed by atoms with Crippen LogP contribution in [0.1, 0.15) is 13.3 Å². The van der Waals surface area contributed by atoms with E-state index in [0.717, 1.165) is 6.92 Å². The van der Waals surface area contributed by atoms with Crippen LogP contribution in [0.25, 0.3) is 0 Å². The van der Waals surface area contributed by atoms with Crippen molar-refractivity contribution in [2.75, 3.05) is 5.73 Å². The molecule has 0 heterocycles. The molecule has 0 bridgehead atoms. The van der Waals surface area contributed by atoms with Crippen LogP contribution in [0.5, 0.6) is 0 Å². The molecule has 0 aliphatic rings. The molecular formula is C10H11F5N2O2S. The second-order valence-corrected chi connectivity index (χ2v) is 5.80. The Bertz CT molecular complexity index is 600. The number of halogens is 5. The van der Waals surface area contributed by atoms with Crippen LogP contribution < -0.4 is 10.5 Å². The molecule has 0 aliphatic carbocycles. The monoisotopic (exact) mass is 318 g/mol. The van der Waals surface area contributed by atoms with Gasteiger partial charge in [0.1, 0.15) is 16.4 Å². The highest BCUT2D eigenvalue weighted by molar-refractivity contribution is 7.89. The minimum absolute atomic E-state index is 0.587. The van der Waals surface area contributed by atoms with Gasteiger partial charge < -0.3 is 5.73 Å². The number of benzene rings is 1. The molecule has 1 rings (SSSR count). The van der Waals surface area contributed by atoms with Gasteiger partial charge in [0.25, 0.3) is 0 Å². The Labute approximate surface area is 111 Å². The van der Waals surface area contributed by atoms with Crippen molar-refractivity contribution in [2.45, 2.75) is 30.5 Å². The number of anilines is 1. The first-order valence-electron chi connectivity index (χ1n) is 5.26. The van der Waals surface area contributed by atoms with E-state index < -0.39 is 50.9 Å². The second kappa shape index (κ2) is 5.52. The van der Waals surface area contributed by atoms with Gasteiger partial charge in [-0.25, -0.2) is 21.9 Å². The molecule has 0 saturated carbocycles. The van der Waals surface area contributed by atoms with Crippen molar-refractivity contribution in [3.05, 3.63) is 23.8 Å². The van der Waals surface area contributed by atoms with Crippen LogP contribution in [0.3, 0.4) is 0 Å². The fraction of sp³-hybridized carbons (Fsp3) is 0.400. The molecule has 0 aliphatic heterocycles. The first-order chi connectivity index (χ1) is 8.94. The standard InChI is InChI=1S/C10H11F5N2O2S/c1-5(4-10(13,14)15)17-20(18,19)7-3-2-6(11)9(16)8(7)12/h2-3,5,17H,4,16H2,1H3. The van der Waals surface area contributed by atoms with Crippen molar-refractivity contribution in [3.63, 3.8) is 0 Å². The number of sulfonamides is 1. The summed E-state index contributed by atoms with van der Waals surface area (Å²) in [5, 5.41) is 0. The minimum Gasteiger partial charge on any atom is -0.394 e. The fourth-order valence-electron chi connectivity index (χ4n) is 1.47. The molecule has 1 unspecified atom stereocenters. The molecule has 1 aromatic carbocycles. The van der Waals surface area contributed by atoms with Crippen LogP contribution in [0.4, 0.5) is 27.6 Å². The largest absolute Gasteiger partial charge is 0.394 e. The molecule has 0 spiro atoms. The van der Waals surface area contributed by atoms with Gasteiger partial charge in [0.2, 0.25) is 10.0 Å². The molecule has 114 valence electrons. The molecular weight excluding hydrogens is 307 g/mol. The molecule has 0 amide bonds. The molecule has 1 atom stereocenters. The van der Waals surface area contributed by atoms with E-state index in [4.69, 9.17) is 5.73 Å². The molecule has 20 heavy (non-hydrogen) atoms. The van der Waals surface area contributed by atoms with Crippen molar-refractivity contribution in [2.24, 2.45) is 0 Å². The van der Waals surface area contributed by atoms with E-state index in [1.807, 2.05) is 0 Å². The Morgan fingerprint density at radius 3 is 2.35 bits per heavy atom. The quantitative estimate of drug-likeness (QED) is 0.660. The predicted molar refractivity (Wildman–Crippen MR) is 61.2 cm³/mol. The number of nitrogens with two attached hydrogens (primary N) is 1. The Kier molecular flexibility index (Phi) is 4.59. The van der Waals surface area contributed by atoms with Gasteiger partial charge in [-0.2, -0.15) is 13.2 Å². The van der Waals surface area contributed by atoms with Gasteiger partial charge in [0.15, 0.2) is 5.82 Å². The summed E-state index contributed by atoms with van der Waals surface area (Å²) < 4.78 is 87.8. The highest BCUT2D eigenvalue weighted by atomic mass is 32.2. The van der Waals surface area contributed by atoms with Crippen molar-refractivity contribution < 1.29 is 30.4 Å². The minimum atomic E-state index is -4.58. The summed E-state index contributed by atoms with van der Waals surface area (Å²) in [6, 6.07) is -0.309. The van der Waals surface area contributed by atoms with Crippen LogP contribution in [0.15, 0.2) is 17.0 Å². The van der Waals surface area contributed by atoms with Crippen molar-refractivity contribution >= 4 is 15.7 Å². The van der Waals surface area contributed by atoms with Crippen LogP contribution in [-0.4, -0.2) is 20.6 Å². The lowest BCUT2D eigenvalue weighted by Crippen LogP contribution is -2.36. The van der Waals surface area contributed by atoms with E-state index in [-0.39, 0.29) is 0 Å². The number of alkyl halides is 3. The number of nitrogens with one attached hydrogen (secondary N) is 1. The molecule has 0 radical (unpaired) electrons. The Hall–Kier alpha value is -1.42. The summed E-state index contributed by atoms with van der Waals surface area (Å²) >= 11 is 0. The summed E-state index contributed by atoms with van der Waals surface area (Å²) in [4.78, 5) is -1.01. The van der Waals surface area contributed by atoms with E-state index in [1.54, 1.807) is 4.72 Å². The molecule has 10 heteroatoms. The maximum atomic E-state index is 13.5. The first-order valence-corrected chi connectivity index (χ1v) is 6.75. The van der Waals surface area contributed by atoms with Crippen LogP contribution in [-0.2, 0) is 10.0 Å². The molecule has 0 aromatic heterocycles. The SMILES string of the molecule is CC(CC(F)(F)F)NS(=O)(=O)c1ccc(F)c(N)c1F. The Morgan fingerprint density at radius 1 is 1.30 bits per heavy atom. The smallest absolute Gasteiger partial charge is 0.390 e. The number of nitrogen functional groups attached to an aromatic ring is 1. The van der Waals surface area contributed by atoms with E-state index in [1.165, 1.54) is 0 Å². The van der Waals surface area contributed by atoms with Crippen molar-refractivity contribution in [3.8, 4) is 0 Å². The average Bonchev–Trinajstić information content (AvgIpc) is 2.21. The fourth-order valence-corrected chi connectivity index (χ4v) is 2.81. The third kappa shape index (κ3) is 4.04. The van der Waals surface area contributed by atoms with Gasteiger partial charge >= 0.3 is 6.18 Å². The van der Waals surface area contributed by atoms with Crippen molar-refractivity contribution in [1.29, 1.82) is 0 Å². The van der Waals surface area contributed by atoms with Crippen molar-refractivity contribution in [1.82, 2.24) is 4.72 Å². The summed E-state index contributed by atoms with van der Waals surface area (Å²) in [5.41, 5.74) is 3.97. The lowest BCUT2D eigenvalue weighted by Gasteiger charge is -2.16. The number of rotatable bonds is 4. The van der Waals surface area contributed by atoms with Gasteiger partial charge in [0, 0.05) is 6.04 Å². The summed E-state index contributed by atoms with van der Waals surface area (Å²) in [5.74, 6) is -2.71. The van der Waals surface area contributed by atoms with Gasteiger partial charge in [-0.15, -0.1) is 0 Å². The second-order valence-electron chi connectivity index (χ2n) is 4.11. The zero-order valence-electron chi connectivity index (χ0n) is 10.1. The van der Waals surface area contributed by atoms with E-state index >= 15 is 0 Å². The van der Waals surface area contributed by atoms with Gasteiger partial charge in [-0.05, 0) is 19.1 Å². The zero-order chi connectivity index (χ0) is 15.7. The molecule has 1 aromatic rings. The van der Waals surface area contributed by atoms with Gasteiger partial charge in [-0.1, -0.05) is 0 Å². The van der Waals surface area contributed by atoms with E-state index in [9.17, 15) is 30.4 Å². The van der Waals surface area contributed by atoms with Crippen LogP contribution in [0.2, 0.25) is 0 Å². The average molecular weight is 318 g/mol. The maximum Gasteiger partial charge on any atom is 0.390 e. The number of hydrogen-bond acceptors (Lipinski definition) is 3. The van der Waals surface area contributed by atoms with Gasteiger partial charge in [0.05, 0.1) is 6.42 Å². The summed E-state index contributed by atoms with van der Waals surface area (Å²) in [7, 11) is -4.57. The Balaban J connectivity index is 3.04. The molecule has 4 nitrogen and oxygen atoms in total. The predicted octanol–water partition coefficient (Wildman–Crippen LogP) is 2.17. The van der Waals surface area contributed by atoms with Gasteiger partial charge in [-0.3, -0.25) is 0 Å². The highest BCUT2D eigenvalue weighted by Gasteiger charge is 2.33. The lowest BCUT2D eigenvalue weighted by molar-refractivity contribution is -0.137. The van der Waals surface area contributed by atoms with Crippen LogP contribution in [0, 0.1) is 11.6 Å². The first kappa shape index (κ1) is 16.6. The highest BCUT2D eigenvalue weighted by Crippen LogP contribution is 2.25. The summed E-state index contributed by atoms with van der Waals surface area (Å²) in [6.07, 6.45) is -6.01.